The van der Waals surface area contributed by atoms with E-state index in [9.17, 15) is 9.59 Å². The first-order valence-corrected chi connectivity index (χ1v) is 3.30. The molecule has 0 saturated carbocycles. The number of nitrogens with one attached hydrogen (secondary N) is 1. The smallest absolute Gasteiger partial charge is 0.357 e. The monoisotopic (exact) mass is 157 g/mol. The minimum Gasteiger partial charge on any atom is -0.476 e. The van der Waals surface area contributed by atoms with Crippen molar-refractivity contribution in [1.82, 2.24) is 0 Å². The number of ketones is 1. The average molecular weight is 157 g/mol. The maximum atomic E-state index is 10.8. The molecule has 0 atom stereocenters. The Morgan fingerprint density at radius 1 is 1.45 bits per heavy atom. The highest BCUT2D eigenvalue weighted by Crippen LogP contribution is 2.00. The van der Waals surface area contributed by atoms with Crippen LogP contribution < -0.4 is 0 Å². The molecule has 0 aromatic carbocycles. The predicted octanol–water partition coefficient (Wildman–Crippen LogP) is 0.706. The van der Waals surface area contributed by atoms with E-state index in [4.69, 9.17) is 10.5 Å². The molecule has 0 spiro atoms. The van der Waals surface area contributed by atoms with Crippen LogP contribution in [-0.4, -0.2) is 22.6 Å². The van der Waals surface area contributed by atoms with Gasteiger partial charge < -0.3 is 5.11 Å². The lowest BCUT2D eigenvalue weighted by Gasteiger charge is -2.00. The molecule has 4 nitrogen and oxygen atoms in total. The van der Waals surface area contributed by atoms with Crippen molar-refractivity contribution >= 4 is 17.5 Å². The number of hydrogen-bond acceptors (Lipinski definition) is 3. The Hall–Kier alpha value is -1.19. The van der Waals surface area contributed by atoms with E-state index in [0.717, 1.165) is 0 Å². The van der Waals surface area contributed by atoms with Crippen LogP contribution in [0.3, 0.4) is 0 Å². The lowest BCUT2D eigenvalue weighted by Crippen LogP contribution is -2.23. The third-order valence-corrected chi connectivity index (χ3v) is 1.09. The second kappa shape index (κ2) is 3.85. The molecule has 0 saturated heterocycles. The van der Waals surface area contributed by atoms with Crippen molar-refractivity contribution in [2.24, 2.45) is 5.92 Å². The van der Waals surface area contributed by atoms with Gasteiger partial charge in [0.25, 0.3) is 0 Å². The van der Waals surface area contributed by atoms with Gasteiger partial charge in [-0.25, -0.2) is 4.79 Å². The zero-order valence-corrected chi connectivity index (χ0v) is 6.55. The van der Waals surface area contributed by atoms with Crippen LogP contribution in [0.15, 0.2) is 0 Å². The zero-order chi connectivity index (χ0) is 9.02. The molecule has 0 bridgehead atoms. The van der Waals surface area contributed by atoms with Crippen molar-refractivity contribution in [3.8, 4) is 0 Å². The Morgan fingerprint density at radius 3 is 2.18 bits per heavy atom. The first-order chi connectivity index (χ1) is 4.95. The van der Waals surface area contributed by atoms with Crippen LogP contribution in [-0.2, 0) is 9.59 Å². The summed E-state index contributed by atoms with van der Waals surface area (Å²) < 4.78 is 0. The highest BCUT2D eigenvalue weighted by atomic mass is 16.4. The summed E-state index contributed by atoms with van der Waals surface area (Å²) >= 11 is 0. The molecule has 4 heteroatoms. The minimum absolute atomic E-state index is 0.0993. The predicted molar refractivity (Wildman–Crippen MR) is 39.8 cm³/mol. The fourth-order valence-electron chi connectivity index (χ4n) is 0.592. The molecule has 0 rings (SSSR count). The van der Waals surface area contributed by atoms with Gasteiger partial charge in [0, 0.05) is 6.42 Å². The van der Waals surface area contributed by atoms with E-state index < -0.39 is 17.5 Å². The number of aliphatic carboxylic acids is 1. The Morgan fingerprint density at radius 2 is 1.91 bits per heavy atom. The van der Waals surface area contributed by atoms with Crippen LogP contribution in [0.4, 0.5) is 0 Å². The Balaban J connectivity index is 4.05. The molecule has 0 aliphatic rings. The second-order valence-electron chi connectivity index (χ2n) is 2.70. The number of carbonyl (C=O) groups excluding carboxylic acids is 1. The number of carboxylic acids is 1. The summed E-state index contributed by atoms with van der Waals surface area (Å²) in [5.41, 5.74) is -0.821. The Labute approximate surface area is 64.7 Å². The summed E-state index contributed by atoms with van der Waals surface area (Å²) in [6, 6.07) is 0. The van der Waals surface area contributed by atoms with Crippen molar-refractivity contribution in [2.45, 2.75) is 20.3 Å². The minimum atomic E-state index is -1.45. The summed E-state index contributed by atoms with van der Waals surface area (Å²) in [5, 5.41) is 15.0. The van der Waals surface area contributed by atoms with Gasteiger partial charge >= 0.3 is 5.97 Å². The van der Waals surface area contributed by atoms with Crippen LogP contribution in [0.1, 0.15) is 20.3 Å². The van der Waals surface area contributed by atoms with E-state index in [0.29, 0.717) is 0 Å². The molecule has 0 fully saturated rings. The molecular weight excluding hydrogens is 146 g/mol. The summed E-state index contributed by atoms with van der Waals surface area (Å²) in [6.07, 6.45) is 0.130. The van der Waals surface area contributed by atoms with Crippen molar-refractivity contribution in [3.05, 3.63) is 0 Å². The Kier molecular flexibility index (Phi) is 3.44. The highest BCUT2D eigenvalue weighted by molar-refractivity contribution is 6.62. The van der Waals surface area contributed by atoms with E-state index in [1.165, 1.54) is 0 Å². The van der Waals surface area contributed by atoms with Gasteiger partial charge in [-0.1, -0.05) is 13.8 Å². The first-order valence-electron chi connectivity index (χ1n) is 3.30. The fourth-order valence-corrected chi connectivity index (χ4v) is 0.592. The summed E-state index contributed by atoms with van der Waals surface area (Å²) in [4.78, 5) is 20.9. The maximum absolute atomic E-state index is 10.8. The van der Waals surface area contributed by atoms with Crippen LogP contribution in [0.5, 0.6) is 0 Å². The molecule has 0 radical (unpaired) electrons. The number of rotatable bonds is 4. The molecule has 0 aromatic heterocycles. The van der Waals surface area contributed by atoms with Crippen LogP contribution in [0, 0.1) is 11.3 Å². The molecule has 2 N–H and O–H groups in total. The van der Waals surface area contributed by atoms with Crippen molar-refractivity contribution in [2.75, 3.05) is 0 Å². The molecular formula is C7H11NO3. The summed E-state index contributed by atoms with van der Waals surface area (Å²) in [7, 11) is 0. The highest BCUT2D eigenvalue weighted by Gasteiger charge is 2.17. The standard InChI is InChI=1S/C7H11NO3/c1-4(2)3-5(9)6(8)7(10)11/h4,8H,3H2,1-2H3,(H,10,11). The number of hydrogen-bond donors (Lipinski definition) is 2. The van der Waals surface area contributed by atoms with E-state index in [1.807, 2.05) is 0 Å². The van der Waals surface area contributed by atoms with Crippen LogP contribution in [0.2, 0.25) is 0 Å². The maximum Gasteiger partial charge on any atom is 0.357 e. The van der Waals surface area contributed by atoms with Gasteiger partial charge in [0.05, 0.1) is 0 Å². The number of Topliss-reactive ketones (excluding diaryl/α,β-unsaturated/α-hetero) is 1. The van der Waals surface area contributed by atoms with Gasteiger partial charge in [-0.05, 0) is 5.92 Å². The molecule has 0 aliphatic carbocycles. The molecule has 0 amide bonds. The van der Waals surface area contributed by atoms with E-state index >= 15 is 0 Å². The van der Waals surface area contributed by atoms with Crippen molar-refractivity contribution in [3.63, 3.8) is 0 Å². The normalized spacial score (nSPS) is 9.73. The number of carbonyl (C=O) groups is 2. The van der Waals surface area contributed by atoms with E-state index in [1.54, 1.807) is 13.8 Å². The van der Waals surface area contributed by atoms with E-state index in [2.05, 4.69) is 0 Å². The van der Waals surface area contributed by atoms with Crippen LogP contribution in [0.25, 0.3) is 0 Å². The van der Waals surface area contributed by atoms with Crippen molar-refractivity contribution in [1.29, 1.82) is 5.41 Å². The molecule has 0 heterocycles. The quantitative estimate of drug-likeness (QED) is 0.466. The molecule has 0 aliphatic heterocycles. The molecule has 0 unspecified atom stereocenters. The SMILES string of the molecule is CC(C)CC(=O)C(=N)C(=O)O. The first kappa shape index (κ1) is 9.81. The van der Waals surface area contributed by atoms with Gasteiger partial charge in [0.2, 0.25) is 0 Å². The fraction of sp³-hybridized carbons (Fsp3) is 0.571. The van der Waals surface area contributed by atoms with Gasteiger partial charge in [-0.2, -0.15) is 0 Å². The van der Waals surface area contributed by atoms with Gasteiger partial charge in [0.15, 0.2) is 11.5 Å². The molecule has 11 heavy (non-hydrogen) atoms. The van der Waals surface area contributed by atoms with Crippen LogP contribution >= 0.6 is 0 Å². The van der Waals surface area contributed by atoms with E-state index in [-0.39, 0.29) is 12.3 Å². The van der Waals surface area contributed by atoms with Gasteiger partial charge in [-0.3, -0.25) is 10.2 Å². The molecule has 62 valence electrons. The molecule has 0 aromatic rings. The lowest BCUT2D eigenvalue weighted by atomic mass is 10.0. The third-order valence-electron chi connectivity index (χ3n) is 1.09. The topological polar surface area (TPSA) is 78.2 Å². The third kappa shape index (κ3) is 3.50. The Bertz CT molecular complexity index is 196. The number of carboxylic acid groups (broad SMARTS) is 1. The van der Waals surface area contributed by atoms with Crippen molar-refractivity contribution < 1.29 is 14.7 Å². The zero-order valence-electron chi connectivity index (χ0n) is 6.55. The largest absolute Gasteiger partial charge is 0.476 e. The second-order valence-corrected chi connectivity index (χ2v) is 2.70. The average Bonchev–Trinajstić information content (AvgIpc) is 1.84. The lowest BCUT2D eigenvalue weighted by molar-refractivity contribution is -0.130. The van der Waals surface area contributed by atoms with Gasteiger partial charge in [-0.15, -0.1) is 0 Å². The summed E-state index contributed by atoms with van der Waals surface area (Å²) in [5.74, 6) is -1.95. The summed E-state index contributed by atoms with van der Waals surface area (Å²) in [6.45, 7) is 3.60. The van der Waals surface area contributed by atoms with Gasteiger partial charge in [0.1, 0.15) is 0 Å².